The van der Waals surface area contributed by atoms with Crippen LogP contribution in [0.4, 0.5) is 0 Å². The molecule has 0 aromatic heterocycles. The molecule has 0 aliphatic heterocycles. The molecular formula is C9H9BrCl2O. The van der Waals surface area contributed by atoms with Crippen LogP contribution in [0.2, 0.25) is 10.0 Å². The molecule has 0 saturated carbocycles. The average Bonchev–Trinajstić information content (AvgIpc) is 2.13. The first-order valence-electron chi connectivity index (χ1n) is 3.89. The van der Waals surface area contributed by atoms with E-state index in [2.05, 4.69) is 15.9 Å². The van der Waals surface area contributed by atoms with Gasteiger partial charge in [-0.15, -0.1) is 0 Å². The molecule has 0 amide bonds. The Morgan fingerprint density at radius 2 is 2.00 bits per heavy atom. The molecule has 1 N–H and O–H groups in total. The van der Waals surface area contributed by atoms with Crippen molar-refractivity contribution in [2.24, 2.45) is 0 Å². The van der Waals surface area contributed by atoms with Crippen molar-refractivity contribution in [3.05, 3.63) is 32.2 Å². The zero-order valence-electron chi connectivity index (χ0n) is 7.02. The van der Waals surface area contributed by atoms with Gasteiger partial charge in [0.25, 0.3) is 0 Å². The van der Waals surface area contributed by atoms with Gasteiger partial charge in [-0.05, 0) is 28.4 Å². The van der Waals surface area contributed by atoms with E-state index in [1.54, 1.807) is 12.1 Å². The summed E-state index contributed by atoms with van der Waals surface area (Å²) in [5, 5.41) is 10.4. The molecule has 1 aromatic carbocycles. The normalized spacial score (nSPS) is 13.0. The summed E-state index contributed by atoms with van der Waals surface area (Å²) in [6.45, 7) is 1.89. The van der Waals surface area contributed by atoms with E-state index in [4.69, 9.17) is 23.2 Å². The van der Waals surface area contributed by atoms with Crippen molar-refractivity contribution in [1.82, 2.24) is 0 Å². The van der Waals surface area contributed by atoms with Crippen LogP contribution in [-0.2, 0) is 0 Å². The number of benzene rings is 1. The Bertz CT molecular complexity index is 315. The van der Waals surface area contributed by atoms with Gasteiger partial charge >= 0.3 is 0 Å². The van der Waals surface area contributed by atoms with E-state index in [-0.39, 0.29) is 0 Å². The molecule has 13 heavy (non-hydrogen) atoms. The zero-order valence-corrected chi connectivity index (χ0v) is 10.1. The fraction of sp³-hybridized carbons (Fsp3) is 0.333. The molecule has 1 nitrogen and oxygen atoms in total. The Kier molecular flexibility index (Phi) is 4.05. The Hall–Kier alpha value is 0.240. The highest BCUT2D eigenvalue weighted by molar-refractivity contribution is 9.10. The summed E-state index contributed by atoms with van der Waals surface area (Å²) < 4.78 is 0.742. The first-order valence-corrected chi connectivity index (χ1v) is 5.44. The van der Waals surface area contributed by atoms with Gasteiger partial charge in [0.2, 0.25) is 0 Å². The predicted octanol–water partition coefficient (Wildman–Crippen LogP) is 4.20. The summed E-state index contributed by atoms with van der Waals surface area (Å²) in [4.78, 5) is 0. The maximum atomic E-state index is 9.57. The molecular weight excluding hydrogens is 275 g/mol. The third-order valence-electron chi connectivity index (χ3n) is 1.81. The average molecular weight is 284 g/mol. The van der Waals surface area contributed by atoms with Gasteiger partial charge in [-0.3, -0.25) is 0 Å². The van der Waals surface area contributed by atoms with Crippen molar-refractivity contribution in [2.45, 2.75) is 19.4 Å². The van der Waals surface area contributed by atoms with Gasteiger partial charge < -0.3 is 5.11 Å². The summed E-state index contributed by atoms with van der Waals surface area (Å²) in [6, 6.07) is 3.55. The summed E-state index contributed by atoms with van der Waals surface area (Å²) in [6.07, 6.45) is 0.0793. The smallest absolute Gasteiger partial charge is 0.0802 e. The zero-order chi connectivity index (χ0) is 10.0. The number of rotatable bonds is 2. The Labute approximate surface area is 95.8 Å². The molecule has 0 radical (unpaired) electrons. The minimum atomic E-state index is -0.543. The van der Waals surface area contributed by atoms with Crippen LogP contribution in [0.1, 0.15) is 25.0 Å². The van der Waals surface area contributed by atoms with Crippen molar-refractivity contribution in [3.8, 4) is 0 Å². The molecule has 0 spiro atoms. The van der Waals surface area contributed by atoms with Crippen molar-refractivity contribution in [2.75, 3.05) is 0 Å². The summed E-state index contributed by atoms with van der Waals surface area (Å²) >= 11 is 15.1. The molecule has 0 aliphatic rings. The second-order valence-electron chi connectivity index (χ2n) is 2.69. The van der Waals surface area contributed by atoms with E-state index in [1.807, 2.05) is 6.92 Å². The molecule has 1 aromatic rings. The van der Waals surface area contributed by atoms with Crippen LogP contribution in [0, 0.1) is 0 Å². The van der Waals surface area contributed by atoms with Crippen molar-refractivity contribution >= 4 is 39.1 Å². The van der Waals surface area contributed by atoms with Gasteiger partial charge in [-0.1, -0.05) is 36.2 Å². The van der Waals surface area contributed by atoms with E-state index in [1.165, 1.54) is 0 Å². The lowest BCUT2D eigenvalue weighted by molar-refractivity contribution is 0.174. The van der Waals surface area contributed by atoms with Crippen molar-refractivity contribution < 1.29 is 5.11 Å². The molecule has 0 bridgehead atoms. The van der Waals surface area contributed by atoms with Gasteiger partial charge in [0.05, 0.1) is 16.1 Å². The second kappa shape index (κ2) is 4.65. The highest BCUT2D eigenvalue weighted by Crippen LogP contribution is 2.36. The molecule has 4 heteroatoms. The van der Waals surface area contributed by atoms with Crippen molar-refractivity contribution in [1.29, 1.82) is 0 Å². The Balaban J connectivity index is 3.18. The second-order valence-corrected chi connectivity index (χ2v) is 4.30. The fourth-order valence-electron chi connectivity index (χ4n) is 1.02. The molecule has 72 valence electrons. The number of halogens is 3. The minimum absolute atomic E-state index is 0.422. The molecule has 0 heterocycles. The lowest BCUT2D eigenvalue weighted by Gasteiger charge is -2.11. The van der Waals surface area contributed by atoms with E-state index in [0.717, 1.165) is 4.47 Å². The van der Waals surface area contributed by atoms with Crippen LogP contribution >= 0.6 is 39.1 Å². The van der Waals surface area contributed by atoms with Crippen LogP contribution in [0.5, 0.6) is 0 Å². The predicted molar refractivity (Wildman–Crippen MR) is 59.4 cm³/mol. The maximum Gasteiger partial charge on any atom is 0.0802 e. The van der Waals surface area contributed by atoms with E-state index >= 15 is 0 Å². The van der Waals surface area contributed by atoms with Crippen LogP contribution in [0.3, 0.4) is 0 Å². The molecule has 1 rings (SSSR count). The third kappa shape index (κ3) is 2.38. The number of aliphatic hydroxyl groups excluding tert-OH is 1. The van der Waals surface area contributed by atoms with E-state index < -0.39 is 6.10 Å². The van der Waals surface area contributed by atoms with Crippen molar-refractivity contribution in [3.63, 3.8) is 0 Å². The Morgan fingerprint density at radius 3 is 2.54 bits per heavy atom. The highest BCUT2D eigenvalue weighted by atomic mass is 79.9. The standard InChI is InChI=1S/C9H9BrCl2O/c1-2-7(13)5-3-4-6(10)9(12)8(5)11/h3-4,7,13H,2H2,1H3. The molecule has 0 aliphatic carbocycles. The monoisotopic (exact) mass is 282 g/mol. The first kappa shape index (κ1) is 11.3. The third-order valence-corrected chi connectivity index (χ3v) is 3.60. The van der Waals surface area contributed by atoms with Crippen LogP contribution in [0.15, 0.2) is 16.6 Å². The quantitative estimate of drug-likeness (QED) is 0.807. The van der Waals surface area contributed by atoms with Gasteiger partial charge in [-0.25, -0.2) is 0 Å². The molecule has 0 saturated heterocycles. The number of hydrogen-bond acceptors (Lipinski definition) is 1. The number of aliphatic hydroxyl groups is 1. The topological polar surface area (TPSA) is 20.2 Å². The first-order chi connectivity index (χ1) is 6.07. The van der Waals surface area contributed by atoms with Gasteiger partial charge in [-0.2, -0.15) is 0 Å². The SMILES string of the molecule is CCC(O)c1ccc(Br)c(Cl)c1Cl. The number of hydrogen-bond donors (Lipinski definition) is 1. The van der Waals surface area contributed by atoms with E-state index in [9.17, 15) is 5.11 Å². The maximum absolute atomic E-state index is 9.57. The molecule has 0 fully saturated rings. The summed E-state index contributed by atoms with van der Waals surface area (Å²) in [7, 11) is 0. The lowest BCUT2D eigenvalue weighted by atomic mass is 10.1. The Morgan fingerprint density at radius 1 is 1.38 bits per heavy atom. The minimum Gasteiger partial charge on any atom is -0.388 e. The summed E-state index contributed by atoms with van der Waals surface area (Å²) in [5.74, 6) is 0. The van der Waals surface area contributed by atoms with Crippen LogP contribution < -0.4 is 0 Å². The fourth-order valence-corrected chi connectivity index (χ4v) is 1.93. The van der Waals surface area contributed by atoms with Gasteiger partial charge in [0, 0.05) is 10.0 Å². The van der Waals surface area contributed by atoms with Crippen LogP contribution in [-0.4, -0.2) is 5.11 Å². The molecule has 1 atom stereocenters. The molecule has 1 unspecified atom stereocenters. The van der Waals surface area contributed by atoms with Gasteiger partial charge in [0.15, 0.2) is 0 Å². The highest BCUT2D eigenvalue weighted by Gasteiger charge is 2.13. The lowest BCUT2D eigenvalue weighted by Crippen LogP contribution is -1.96. The van der Waals surface area contributed by atoms with E-state index in [0.29, 0.717) is 22.0 Å². The largest absolute Gasteiger partial charge is 0.388 e. The summed E-state index contributed by atoms with van der Waals surface area (Å²) in [5.41, 5.74) is 0.678. The van der Waals surface area contributed by atoms with Crippen LogP contribution in [0.25, 0.3) is 0 Å². The van der Waals surface area contributed by atoms with Gasteiger partial charge in [0.1, 0.15) is 0 Å².